The summed E-state index contributed by atoms with van der Waals surface area (Å²) in [4.78, 5) is 12.0. The van der Waals surface area contributed by atoms with Crippen molar-refractivity contribution in [3.63, 3.8) is 0 Å². The summed E-state index contributed by atoms with van der Waals surface area (Å²) in [7, 11) is 3.13. The number of benzene rings is 1. The highest BCUT2D eigenvalue weighted by Crippen LogP contribution is 2.38. The van der Waals surface area contributed by atoms with Gasteiger partial charge in [0.15, 0.2) is 17.3 Å². The summed E-state index contributed by atoms with van der Waals surface area (Å²) in [6.45, 7) is 3.08. The summed E-state index contributed by atoms with van der Waals surface area (Å²) in [5.41, 5.74) is 1.00. The van der Waals surface area contributed by atoms with Gasteiger partial charge in [-0.1, -0.05) is 0 Å². The molecule has 1 atom stereocenters. The van der Waals surface area contributed by atoms with Gasteiger partial charge in [0.1, 0.15) is 6.61 Å². The maximum atomic E-state index is 12.0. The Hall–Kier alpha value is -1.75. The summed E-state index contributed by atoms with van der Waals surface area (Å²) >= 11 is 0. The molecule has 0 radical (unpaired) electrons. The topological polar surface area (TPSA) is 54.0 Å². The number of Topliss-reactive ketones (excluding diaryl/α,β-unsaturated/α-hetero) is 1. The third-order valence-electron chi connectivity index (χ3n) is 3.35. The van der Waals surface area contributed by atoms with Crippen LogP contribution in [0.15, 0.2) is 12.1 Å². The molecule has 0 amide bonds. The number of ether oxygens (including phenoxy) is 4. The van der Waals surface area contributed by atoms with Gasteiger partial charge in [0.05, 0.1) is 20.8 Å². The van der Waals surface area contributed by atoms with Crippen LogP contribution in [0.3, 0.4) is 0 Å². The second-order valence-electron chi connectivity index (χ2n) is 4.81. The molecule has 110 valence electrons. The highest BCUT2D eigenvalue weighted by atomic mass is 16.5. The minimum atomic E-state index is -0.0579. The Morgan fingerprint density at radius 2 is 1.95 bits per heavy atom. The van der Waals surface area contributed by atoms with E-state index in [0.29, 0.717) is 30.5 Å². The molecule has 0 aliphatic carbocycles. The van der Waals surface area contributed by atoms with Crippen LogP contribution in [-0.2, 0) is 9.53 Å². The van der Waals surface area contributed by atoms with Gasteiger partial charge >= 0.3 is 0 Å². The molecular formula is C15H20O5. The molecule has 1 fully saturated rings. The van der Waals surface area contributed by atoms with Crippen molar-refractivity contribution in [2.24, 2.45) is 5.92 Å². The van der Waals surface area contributed by atoms with Crippen molar-refractivity contribution in [2.45, 2.75) is 13.3 Å². The van der Waals surface area contributed by atoms with Crippen molar-refractivity contribution in [2.75, 3.05) is 34.0 Å². The zero-order valence-corrected chi connectivity index (χ0v) is 12.1. The lowest BCUT2D eigenvalue weighted by molar-refractivity contribution is -0.124. The van der Waals surface area contributed by atoms with Crippen LogP contribution in [0.4, 0.5) is 0 Å². The van der Waals surface area contributed by atoms with Crippen LogP contribution in [0.5, 0.6) is 17.2 Å². The van der Waals surface area contributed by atoms with Crippen molar-refractivity contribution in [1.82, 2.24) is 0 Å². The van der Waals surface area contributed by atoms with Gasteiger partial charge in [-0.3, -0.25) is 4.79 Å². The minimum Gasteiger partial charge on any atom is -0.493 e. The number of rotatable bonds is 6. The summed E-state index contributed by atoms with van der Waals surface area (Å²) in [6, 6.07) is 3.70. The molecule has 1 saturated heterocycles. The first-order valence-corrected chi connectivity index (χ1v) is 6.61. The first kappa shape index (κ1) is 14.7. The lowest BCUT2D eigenvalue weighted by Gasteiger charge is -2.15. The molecule has 1 aliphatic heterocycles. The van der Waals surface area contributed by atoms with Gasteiger partial charge in [0.25, 0.3) is 0 Å². The first-order valence-electron chi connectivity index (χ1n) is 6.61. The Kier molecular flexibility index (Phi) is 4.84. The van der Waals surface area contributed by atoms with Gasteiger partial charge < -0.3 is 18.9 Å². The number of methoxy groups -OCH3 is 2. The van der Waals surface area contributed by atoms with E-state index < -0.39 is 0 Å². The summed E-state index contributed by atoms with van der Waals surface area (Å²) in [5, 5.41) is 0. The van der Waals surface area contributed by atoms with Crippen molar-refractivity contribution in [1.29, 1.82) is 0 Å². The van der Waals surface area contributed by atoms with Gasteiger partial charge in [-0.15, -0.1) is 0 Å². The zero-order chi connectivity index (χ0) is 14.5. The van der Waals surface area contributed by atoms with Gasteiger partial charge in [-0.05, 0) is 31.0 Å². The highest BCUT2D eigenvalue weighted by Gasteiger charge is 2.24. The maximum Gasteiger partial charge on any atom is 0.203 e. The molecule has 1 unspecified atom stereocenters. The van der Waals surface area contributed by atoms with Gasteiger partial charge in [-0.2, -0.15) is 0 Å². The monoisotopic (exact) mass is 280 g/mol. The Morgan fingerprint density at radius 1 is 1.30 bits per heavy atom. The zero-order valence-electron chi connectivity index (χ0n) is 12.1. The molecule has 0 N–H and O–H groups in total. The lowest BCUT2D eigenvalue weighted by Crippen LogP contribution is -2.22. The molecule has 1 aromatic rings. The number of carbonyl (C=O) groups excluding carboxylic acids is 1. The van der Waals surface area contributed by atoms with Crippen molar-refractivity contribution in [3.05, 3.63) is 17.7 Å². The molecule has 20 heavy (non-hydrogen) atoms. The second kappa shape index (κ2) is 6.61. The fourth-order valence-electron chi connectivity index (χ4n) is 2.20. The maximum absolute atomic E-state index is 12.0. The normalized spacial score (nSPS) is 17.9. The Morgan fingerprint density at radius 3 is 2.45 bits per heavy atom. The van der Waals surface area contributed by atoms with Crippen molar-refractivity contribution < 1.29 is 23.7 Å². The molecule has 5 heteroatoms. The van der Waals surface area contributed by atoms with Crippen molar-refractivity contribution >= 4 is 5.78 Å². The summed E-state index contributed by atoms with van der Waals surface area (Å²) in [6.07, 6.45) is 0.768. The van der Waals surface area contributed by atoms with Crippen LogP contribution in [0, 0.1) is 12.8 Å². The Bertz CT molecular complexity index is 452. The number of carbonyl (C=O) groups is 1. The quantitative estimate of drug-likeness (QED) is 0.797. The highest BCUT2D eigenvalue weighted by molar-refractivity contribution is 5.83. The first-order chi connectivity index (χ1) is 9.65. The molecule has 0 bridgehead atoms. The standard InChI is InChI=1S/C15H20O5/c1-10-6-13(17-2)15(14(7-10)18-3)20-9-12(16)11-4-5-19-8-11/h6-7,11H,4-5,8-9H2,1-3H3. The van der Waals surface area contributed by atoms with Crippen LogP contribution in [0.25, 0.3) is 0 Å². The number of hydrogen-bond acceptors (Lipinski definition) is 5. The van der Waals surface area contributed by atoms with E-state index in [0.717, 1.165) is 12.0 Å². The molecule has 5 nitrogen and oxygen atoms in total. The fraction of sp³-hybridized carbons (Fsp3) is 0.533. The molecule has 0 aromatic heterocycles. The second-order valence-corrected chi connectivity index (χ2v) is 4.81. The third kappa shape index (κ3) is 3.22. The molecule has 0 spiro atoms. The number of aryl methyl sites for hydroxylation is 1. The van der Waals surface area contributed by atoms with E-state index in [2.05, 4.69) is 0 Å². The average molecular weight is 280 g/mol. The van der Waals surface area contributed by atoms with Crippen LogP contribution < -0.4 is 14.2 Å². The Labute approximate surface area is 118 Å². The van der Waals surface area contributed by atoms with E-state index in [1.54, 1.807) is 14.2 Å². The molecule has 1 aromatic carbocycles. The average Bonchev–Trinajstić information content (AvgIpc) is 2.98. The summed E-state index contributed by atoms with van der Waals surface area (Å²) < 4.78 is 21.4. The molecular weight excluding hydrogens is 260 g/mol. The summed E-state index contributed by atoms with van der Waals surface area (Å²) in [5.74, 6) is 1.59. The van der Waals surface area contributed by atoms with E-state index in [9.17, 15) is 4.79 Å². The Balaban J connectivity index is 2.09. The lowest BCUT2D eigenvalue weighted by atomic mass is 10.0. The minimum absolute atomic E-state index is 0.00378. The third-order valence-corrected chi connectivity index (χ3v) is 3.35. The van der Waals surface area contributed by atoms with Crippen LogP contribution >= 0.6 is 0 Å². The molecule has 0 saturated carbocycles. The molecule has 1 aliphatic rings. The van der Waals surface area contributed by atoms with Gasteiger partial charge in [0, 0.05) is 12.5 Å². The van der Waals surface area contributed by atoms with E-state index in [1.165, 1.54) is 0 Å². The van der Waals surface area contributed by atoms with Crippen LogP contribution in [0.2, 0.25) is 0 Å². The van der Waals surface area contributed by atoms with Gasteiger partial charge in [-0.25, -0.2) is 0 Å². The predicted molar refractivity (Wildman–Crippen MR) is 73.7 cm³/mol. The molecule has 1 heterocycles. The van der Waals surface area contributed by atoms with Crippen LogP contribution in [0.1, 0.15) is 12.0 Å². The predicted octanol–water partition coefficient (Wildman–Crippen LogP) is 2.00. The van der Waals surface area contributed by atoms with Crippen molar-refractivity contribution in [3.8, 4) is 17.2 Å². The van der Waals surface area contributed by atoms with Gasteiger partial charge in [0.2, 0.25) is 5.75 Å². The van der Waals surface area contributed by atoms with E-state index in [1.807, 2.05) is 19.1 Å². The smallest absolute Gasteiger partial charge is 0.203 e. The SMILES string of the molecule is COc1cc(C)cc(OC)c1OCC(=O)C1CCOC1. The van der Waals surface area contributed by atoms with E-state index in [-0.39, 0.29) is 18.3 Å². The number of hydrogen-bond donors (Lipinski definition) is 0. The van der Waals surface area contributed by atoms with Crippen LogP contribution in [-0.4, -0.2) is 39.8 Å². The number of ketones is 1. The van der Waals surface area contributed by atoms with E-state index in [4.69, 9.17) is 18.9 Å². The largest absolute Gasteiger partial charge is 0.493 e. The fourth-order valence-corrected chi connectivity index (χ4v) is 2.20. The molecule has 2 rings (SSSR count). The van der Waals surface area contributed by atoms with E-state index >= 15 is 0 Å².